The van der Waals surface area contributed by atoms with Crippen LogP contribution in [0.5, 0.6) is 0 Å². The molecule has 0 radical (unpaired) electrons. The predicted octanol–water partition coefficient (Wildman–Crippen LogP) is 16.6. The van der Waals surface area contributed by atoms with E-state index in [9.17, 15) is 0 Å². The van der Waals surface area contributed by atoms with Gasteiger partial charge in [0.25, 0.3) is 0 Å². The normalized spacial score (nSPS) is 14.6. The predicted molar refractivity (Wildman–Crippen MR) is 255 cm³/mol. The number of benzene rings is 8. The van der Waals surface area contributed by atoms with Crippen LogP contribution in [0, 0.1) is 6.92 Å². The summed E-state index contributed by atoms with van der Waals surface area (Å²) < 4.78 is 0. The van der Waals surface area contributed by atoms with E-state index in [2.05, 4.69) is 225 Å². The number of rotatable bonds is 8. The molecule has 0 unspecified atom stereocenters. The summed E-state index contributed by atoms with van der Waals surface area (Å²) in [7, 11) is 0. The fraction of sp³-hybridized carbons (Fsp3) is 0.172. The quantitative estimate of drug-likeness (QED) is 0.152. The second kappa shape index (κ2) is 15.8. The van der Waals surface area contributed by atoms with Crippen LogP contribution < -0.4 is 9.80 Å². The van der Waals surface area contributed by atoms with Gasteiger partial charge in [-0.25, -0.2) is 0 Å². The van der Waals surface area contributed by atoms with Gasteiger partial charge < -0.3 is 9.80 Å². The number of anilines is 6. The zero-order valence-electron chi connectivity index (χ0n) is 35.0. The molecule has 8 aromatic carbocycles. The van der Waals surface area contributed by atoms with Gasteiger partial charge in [0.1, 0.15) is 0 Å². The van der Waals surface area contributed by atoms with Crippen molar-refractivity contribution < 1.29 is 0 Å². The summed E-state index contributed by atoms with van der Waals surface area (Å²) in [5, 5.41) is 0. The molecule has 0 bridgehead atoms. The molecule has 1 fully saturated rings. The van der Waals surface area contributed by atoms with Gasteiger partial charge in [-0.05, 0) is 149 Å². The third-order valence-electron chi connectivity index (χ3n) is 13.1. The summed E-state index contributed by atoms with van der Waals surface area (Å²) in [5.74, 6) is 0.677. The first-order valence-corrected chi connectivity index (χ1v) is 21.8. The third kappa shape index (κ3) is 7.11. The smallest absolute Gasteiger partial charge is 0.0503 e. The number of aryl methyl sites for hydroxylation is 1. The van der Waals surface area contributed by atoms with Crippen molar-refractivity contribution in [2.75, 3.05) is 9.80 Å². The van der Waals surface area contributed by atoms with Crippen LogP contribution in [0.1, 0.15) is 74.1 Å². The zero-order valence-corrected chi connectivity index (χ0v) is 35.0. The highest BCUT2D eigenvalue weighted by atomic mass is 15.2. The molecule has 0 N–H and O–H groups in total. The number of nitrogens with zero attached hydrogens (tertiary/aromatic N) is 2. The van der Waals surface area contributed by atoms with Crippen molar-refractivity contribution in [1.29, 1.82) is 0 Å². The lowest BCUT2D eigenvalue weighted by molar-refractivity contribution is 0.443. The minimum absolute atomic E-state index is 0.237. The average molecular weight is 777 g/mol. The summed E-state index contributed by atoms with van der Waals surface area (Å²) in [4.78, 5) is 4.86. The maximum absolute atomic E-state index is 2.46. The van der Waals surface area contributed by atoms with Crippen LogP contribution in [-0.4, -0.2) is 0 Å². The molecule has 8 aromatic rings. The van der Waals surface area contributed by atoms with Gasteiger partial charge in [-0.15, -0.1) is 0 Å². The minimum Gasteiger partial charge on any atom is -0.311 e. The lowest BCUT2D eigenvalue weighted by Gasteiger charge is -2.42. The van der Waals surface area contributed by atoms with Gasteiger partial charge >= 0.3 is 0 Å². The van der Waals surface area contributed by atoms with Gasteiger partial charge in [0.2, 0.25) is 0 Å². The van der Waals surface area contributed by atoms with E-state index < -0.39 is 0 Å². The van der Waals surface area contributed by atoms with Crippen molar-refractivity contribution >= 4 is 34.1 Å². The van der Waals surface area contributed by atoms with E-state index in [1.54, 1.807) is 0 Å². The Morgan fingerprint density at radius 3 is 1.35 bits per heavy atom. The Hall–Kier alpha value is -6.64. The summed E-state index contributed by atoms with van der Waals surface area (Å²) in [5.41, 5.74) is 19.6. The Morgan fingerprint density at radius 2 is 0.850 bits per heavy atom. The van der Waals surface area contributed by atoms with E-state index in [1.165, 1.54) is 110 Å². The maximum atomic E-state index is 2.46. The van der Waals surface area contributed by atoms with Crippen LogP contribution in [0.4, 0.5) is 34.1 Å². The van der Waals surface area contributed by atoms with Gasteiger partial charge in [0.05, 0.1) is 11.4 Å². The van der Waals surface area contributed by atoms with Crippen molar-refractivity contribution in [3.63, 3.8) is 0 Å². The lowest BCUT2D eigenvalue weighted by atomic mass is 9.72. The molecule has 1 aliphatic heterocycles. The zero-order chi connectivity index (χ0) is 40.6. The first kappa shape index (κ1) is 37.6. The monoisotopic (exact) mass is 776 g/mol. The third-order valence-corrected chi connectivity index (χ3v) is 13.1. The van der Waals surface area contributed by atoms with Crippen LogP contribution >= 0.6 is 0 Å². The van der Waals surface area contributed by atoms with Gasteiger partial charge in [0.15, 0.2) is 0 Å². The molecule has 0 amide bonds. The molecule has 1 aliphatic carbocycles. The summed E-state index contributed by atoms with van der Waals surface area (Å²) >= 11 is 0. The molecule has 0 spiro atoms. The highest BCUT2D eigenvalue weighted by Crippen LogP contribution is 2.53. The topological polar surface area (TPSA) is 6.48 Å². The molecule has 1 heterocycles. The molecule has 0 aromatic heterocycles. The van der Waals surface area contributed by atoms with E-state index in [-0.39, 0.29) is 5.41 Å². The van der Waals surface area contributed by atoms with Gasteiger partial charge in [-0.1, -0.05) is 160 Å². The molecule has 60 heavy (non-hydrogen) atoms. The molecule has 2 heteroatoms. The minimum atomic E-state index is -0.237. The van der Waals surface area contributed by atoms with Crippen LogP contribution in [0.15, 0.2) is 194 Å². The van der Waals surface area contributed by atoms with Crippen molar-refractivity contribution in [1.82, 2.24) is 0 Å². The Kier molecular flexibility index (Phi) is 9.94. The molecule has 10 rings (SSSR count). The van der Waals surface area contributed by atoms with E-state index >= 15 is 0 Å². The van der Waals surface area contributed by atoms with Crippen LogP contribution in [0.3, 0.4) is 0 Å². The van der Waals surface area contributed by atoms with Crippen molar-refractivity contribution in [2.45, 2.75) is 64.2 Å². The molecular formula is C58H52N2. The Balaban J connectivity index is 1.03. The molecule has 0 saturated heterocycles. The molecular weight excluding hydrogens is 725 g/mol. The van der Waals surface area contributed by atoms with Gasteiger partial charge in [-0.3, -0.25) is 0 Å². The fourth-order valence-corrected chi connectivity index (χ4v) is 9.72. The molecule has 2 aliphatic rings. The van der Waals surface area contributed by atoms with E-state index in [1.807, 2.05) is 0 Å². The largest absolute Gasteiger partial charge is 0.311 e. The van der Waals surface area contributed by atoms with Crippen LogP contribution in [0.25, 0.3) is 33.4 Å². The van der Waals surface area contributed by atoms with Crippen LogP contribution in [0.2, 0.25) is 0 Å². The van der Waals surface area contributed by atoms with E-state index in [0.717, 1.165) is 11.4 Å². The highest BCUT2D eigenvalue weighted by molar-refractivity contribution is 5.89. The molecule has 0 atom stereocenters. The van der Waals surface area contributed by atoms with Crippen LogP contribution in [-0.2, 0) is 5.41 Å². The first-order valence-electron chi connectivity index (χ1n) is 21.8. The summed E-state index contributed by atoms with van der Waals surface area (Å²) in [6.07, 6.45) is 6.66. The molecule has 294 valence electrons. The Morgan fingerprint density at radius 1 is 0.433 bits per heavy atom. The summed E-state index contributed by atoms with van der Waals surface area (Å²) in [6, 6.07) is 72.0. The Bertz CT molecular complexity index is 2720. The second-order valence-electron chi connectivity index (χ2n) is 17.3. The number of hydrogen-bond acceptors (Lipinski definition) is 2. The lowest BCUT2D eigenvalue weighted by Crippen LogP contribution is -2.30. The maximum Gasteiger partial charge on any atom is 0.0503 e. The number of fused-ring (bicyclic) bond motifs is 2. The van der Waals surface area contributed by atoms with Gasteiger partial charge in [0, 0.05) is 28.2 Å². The number of hydrogen-bond donors (Lipinski definition) is 0. The van der Waals surface area contributed by atoms with Crippen molar-refractivity contribution in [3.05, 3.63) is 216 Å². The molecule has 1 saturated carbocycles. The average Bonchev–Trinajstić information content (AvgIpc) is 3.31. The van der Waals surface area contributed by atoms with E-state index in [0.29, 0.717) is 5.92 Å². The summed E-state index contributed by atoms with van der Waals surface area (Å²) in [6.45, 7) is 6.93. The standard InChI is InChI=1S/C58H52N2/c1-41-19-29-53(30-20-41)60-56-37-27-48(44-17-11-6-12-18-44)39-54(56)58(2,3)55-40-49(28-38-57(55)60)47-25-35-52(36-26-47)59(50-31-21-45(22-32-50)42-13-7-4-8-14-42)51-33-23-46(24-34-51)43-15-9-5-10-16-43/h4,6-8,11-14,17-40,43H,5,9-10,15-16H2,1-3H3. The van der Waals surface area contributed by atoms with Crippen molar-refractivity contribution in [3.8, 4) is 33.4 Å². The SMILES string of the molecule is Cc1ccc(N2c3ccc(-c4ccccc4)cc3C(C)(C)c3cc(-c4ccc(N(c5ccc(-c6ccccc6)cc5)c5ccc(C6CCCCC6)cc5)cc4)ccc32)cc1. The molecule has 2 nitrogen and oxygen atoms in total. The first-order chi connectivity index (χ1) is 29.4. The Labute approximate surface area is 356 Å². The highest BCUT2D eigenvalue weighted by Gasteiger charge is 2.37. The second-order valence-corrected chi connectivity index (χ2v) is 17.3. The van der Waals surface area contributed by atoms with Crippen molar-refractivity contribution in [2.24, 2.45) is 0 Å². The fourth-order valence-electron chi connectivity index (χ4n) is 9.72. The van der Waals surface area contributed by atoms with E-state index in [4.69, 9.17) is 0 Å². The van der Waals surface area contributed by atoms with Gasteiger partial charge in [-0.2, -0.15) is 0 Å².